The molecule has 0 aliphatic heterocycles. The SMILES string of the molecule is CC/C=C\C/C=C\C/C=C\CCCCCCCCCCCC(=O)OCC(COC(=O)CCCCCCCC/C=C\C/C=C\C/C=C\CC)OC(=O)CCCCCCCC/C=C\C/C=C\C/C=C\CC. The van der Waals surface area contributed by atoms with Crippen LogP contribution in [-0.2, 0) is 28.6 Å². The number of rotatable bonds is 50. The van der Waals surface area contributed by atoms with E-state index < -0.39 is 6.10 Å². The predicted molar refractivity (Wildman–Crippen MR) is 297 cm³/mol. The molecule has 392 valence electrons. The summed E-state index contributed by atoms with van der Waals surface area (Å²) in [4.78, 5) is 38.2. The third kappa shape index (κ3) is 54.9. The number of hydrogen-bond donors (Lipinski definition) is 0. The first-order chi connectivity index (χ1) is 34.0. The molecule has 0 aliphatic rings. The van der Waals surface area contributed by atoms with Gasteiger partial charge in [0, 0.05) is 19.3 Å². The molecule has 0 aromatic rings. The topological polar surface area (TPSA) is 78.9 Å². The highest BCUT2D eigenvalue weighted by Crippen LogP contribution is 2.15. The summed E-state index contributed by atoms with van der Waals surface area (Å²) in [5.41, 5.74) is 0. The van der Waals surface area contributed by atoms with Crippen LogP contribution >= 0.6 is 0 Å². The molecule has 1 atom stereocenters. The second-order valence-corrected chi connectivity index (χ2v) is 18.4. The van der Waals surface area contributed by atoms with E-state index in [4.69, 9.17) is 14.2 Å². The molecular formula is C63H104O6. The smallest absolute Gasteiger partial charge is 0.306 e. The fourth-order valence-corrected chi connectivity index (χ4v) is 7.60. The van der Waals surface area contributed by atoms with Gasteiger partial charge >= 0.3 is 17.9 Å². The van der Waals surface area contributed by atoms with Crippen molar-refractivity contribution in [3.05, 3.63) is 109 Å². The highest BCUT2D eigenvalue weighted by atomic mass is 16.6. The third-order valence-electron chi connectivity index (χ3n) is 11.8. The van der Waals surface area contributed by atoms with Gasteiger partial charge in [0.1, 0.15) is 13.2 Å². The van der Waals surface area contributed by atoms with E-state index in [2.05, 4.69) is 130 Å². The maximum absolute atomic E-state index is 12.9. The van der Waals surface area contributed by atoms with Crippen LogP contribution in [0.1, 0.15) is 252 Å². The zero-order chi connectivity index (χ0) is 50.0. The van der Waals surface area contributed by atoms with Crippen LogP contribution in [-0.4, -0.2) is 37.2 Å². The Bertz CT molecular complexity index is 1420. The van der Waals surface area contributed by atoms with Gasteiger partial charge < -0.3 is 14.2 Å². The maximum atomic E-state index is 12.9. The number of carbonyl (C=O) groups is 3. The van der Waals surface area contributed by atoms with Crippen LogP contribution < -0.4 is 0 Å². The van der Waals surface area contributed by atoms with Crippen LogP contribution in [0.25, 0.3) is 0 Å². The molecule has 0 heterocycles. The second-order valence-electron chi connectivity index (χ2n) is 18.4. The van der Waals surface area contributed by atoms with Crippen molar-refractivity contribution in [2.75, 3.05) is 13.2 Å². The van der Waals surface area contributed by atoms with E-state index in [9.17, 15) is 14.4 Å². The van der Waals surface area contributed by atoms with Crippen molar-refractivity contribution in [2.45, 2.75) is 258 Å². The van der Waals surface area contributed by atoms with Crippen LogP contribution in [0.15, 0.2) is 109 Å². The van der Waals surface area contributed by atoms with Crippen molar-refractivity contribution >= 4 is 17.9 Å². The molecule has 0 radical (unpaired) electrons. The molecule has 0 aliphatic carbocycles. The van der Waals surface area contributed by atoms with Crippen molar-refractivity contribution < 1.29 is 28.6 Å². The average molecular weight is 958 g/mol. The fraction of sp³-hybridized carbons (Fsp3) is 0.667. The van der Waals surface area contributed by atoms with Crippen molar-refractivity contribution in [3.63, 3.8) is 0 Å². The zero-order valence-corrected chi connectivity index (χ0v) is 44.8. The third-order valence-corrected chi connectivity index (χ3v) is 11.8. The number of hydrogen-bond acceptors (Lipinski definition) is 6. The second kappa shape index (κ2) is 56.7. The largest absolute Gasteiger partial charge is 0.462 e. The molecule has 6 nitrogen and oxygen atoms in total. The van der Waals surface area contributed by atoms with Gasteiger partial charge in [-0.3, -0.25) is 14.4 Å². The quantitative estimate of drug-likeness (QED) is 0.0262. The molecule has 0 N–H and O–H groups in total. The van der Waals surface area contributed by atoms with Gasteiger partial charge in [-0.05, 0) is 116 Å². The lowest BCUT2D eigenvalue weighted by molar-refractivity contribution is -0.167. The van der Waals surface area contributed by atoms with Gasteiger partial charge in [-0.25, -0.2) is 0 Å². The van der Waals surface area contributed by atoms with Gasteiger partial charge in [0.25, 0.3) is 0 Å². The summed E-state index contributed by atoms with van der Waals surface area (Å²) in [6.45, 7) is 6.29. The highest BCUT2D eigenvalue weighted by Gasteiger charge is 2.19. The normalized spacial score (nSPS) is 12.9. The average Bonchev–Trinajstić information content (AvgIpc) is 3.35. The fourth-order valence-electron chi connectivity index (χ4n) is 7.60. The van der Waals surface area contributed by atoms with E-state index >= 15 is 0 Å². The Balaban J connectivity index is 4.43. The molecule has 6 heteroatoms. The first kappa shape index (κ1) is 65.1. The van der Waals surface area contributed by atoms with Crippen molar-refractivity contribution in [1.29, 1.82) is 0 Å². The molecule has 0 aromatic carbocycles. The standard InChI is InChI=1S/C63H104O6/c1-4-7-10-13-16-19-22-25-28-31-32-33-36-38-41-44-47-50-53-56-62(65)68-59-60(69-63(66)57-54-51-48-45-42-39-35-30-27-24-21-18-15-12-9-6-3)58-67-61(64)55-52-49-46-43-40-37-34-29-26-23-20-17-14-11-8-5-2/h7-12,16-21,25-30,60H,4-6,13-15,22-24,31-59H2,1-3H3/b10-7-,11-8-,12-9-,19-16-,20-17-,21-18-,28-25-,29-26-,30-27-. The van der Waals surface area contributed by atoms with Crippen LogP contribution in [0.5, 0.6) is 0 Å². The Kier molecular flexibility index (Phi) is 53.4. The molecule has 0 amide bonds. The predicted octanol–water partition coefficient (Wildman–Crippen LogP) is 19.1. The molecular weight excluding hydrogens is 853 g/mol. The molecule has 0 saturated heterocycles. The van der Waals surface area contributed by atoms with Crippen molar-refractivity contribution in [2.24, 2.45) is 0 Å². The molecule has 0 aromatic heterocycles. The molecule has 0 fully saturated rings. The summed E-state index contributed by atoms with van der Waals surface area (Å²) in [5.74, 6) is -0.922. The minimum Gasteiger partial charge on any atom is -0.462 e. The van der Waals surface area contributed by atoms with Crippen LogP contribution in [0, 0.1) is 0 Å². The minimum atomic E-state index is -0.795. The summed E-state index contributed by atoms with van der Waals surface area (Å²) in [6, 6.07) is 0. The summed E-state index contributed by atoms with van der Waals surface area (Å²) in [5, 5.41) is 0. The Labute approximate surface area is 425 Å². The number of allylic oxidation sites excluding steroid dienone is 18. The van der Waals surface area contributed by atoms with E-state index in [-0.39, 0.29) is 31.1 Å². The Morgan fingerprint density at radius 3 is 0.812 bits per heavy atom. The van der Waals surface area contributed by atoms with Gasteiger partial charge in [0.15, 0.2) is 6.10 Å². The Morgan fingerprint density at radius 2 is 0.522 bits per heavy atom. The zero-order valence-electron chi connectivity index (χ0n) is 44.8. The van der Waals surface area contributed by atoms with Gasteiger partial charge in [-0.1, -0.05) is 226 Å². The molecule has 0 rings (SSSR count). The Morgan fingerprint density at radius 1 is 0.290 bits per heavy atom. The molecule has 69 heavy (non-hydrogen) atoms. The lowest BCUT2D eigenvalue weighted by atomic mass is 10.1. The lowest BCUT2D eigenvalue weighted by Crippen LogP contribution is -2.30. The van der Waals surface area contributed by atoms with Crippen molar-refractivity contribution in [3.8, 4) is 0 Å². The summed E-state index contributed by atoms with van der Waals surface area (Å²) >= 11 is 0. The number of unbranched alkanes of at least 4 members (excludes halogenated alkanes) is 21. The van der Waals surface area contributed by atoms with Crippen LogP contribution in [0.4, 0.5) is 0 Å². The molecule has 1 unspecified atom stereocenters. The van der Waals surface area contributed by atoms with E-state index in [1.165, 1.54) is 77.0 Å². The van der Waals surface area contributed by atoms with Crippen LogP contribution in [0.3, 0.4) is 0 Å². The Hall–Kier alpha value is -3.93. The molecule has 0 bridgehead atoms. The first-order valence-corrected chi connectivity index (χ1v) is 28.4. The number of carbonyl (C=O) groups excluding carboxylic acids is 3. The summed E-state index contributed by atoms with van der Waals surface area (Å²) < 4.78 is 16.9. The van der Waals surface area contributed by atoms with Gasteiger partial charge in [-0.2, -0.15) is 0 Å². The van der Waals surface area contributed by atoms with Crippen molar-refractivity contribution in [1.82, 2.24) is 0 Å². The molecule has 0 saturated carbocycles. The maximum Gasteiger partial charge on any atom is 0.306 e. The van der Waals surface area contributed by atoms with Gasteiger partial charge in [0.2, 0.25) is 0 Å². The van der Waals surface area contributed by atoms with Crippen LogP contribution in [0.2, 0.25) is 0 Å². The van der Waals surface area contributed by atoms with E-state index in [1.807, 2.05) is 0 Å². The molecule has 0 spiro atoms. The monoisotopic (exact) mass is 957 g/mol. The van der Waals surface area contributed by atoms with E-state index in [1.54, 1.807) is 0 Å². The summed E-state index contributed by atoms with van der Waals surface area (Å²) in [7, 11) is 0. The van der Waals surface area contributed by atoms with E-state index in [0.29, 0.717) is 19.3 Å². The lowest BCUT2D eigenvalue weighted by Gasteiger charge is -2.18. The van der Waals surface area contributed by atoms with Gasteiger partial charge in [0.05, 0.1) is 0 Å². The summed E-state index contributed by atoms with van der Waals surface area (Å²) in [6.07, 6.45) is 76.4. The van der Waals surface area contributed by atoms with Gasteiger partial charge in [-0.15, -0.1) is 0 Å². The minimum absolute atomic E-state index is 0.0921. The van der Waals surface area contributed by atoms with E-state index in [0.717, 1.165) is 135 Å². The number of esters is 3. The highest BCUT2D eigenvalue weighted by molar-refractivity contribution is 5.71. The number of ether oxygens (including phenoxy) is 3. The first-order valence-electron chi connectivity index (χ1n) is 28.4.